The highest BCUT2D eigenvalue weighted by Crippen LogP contribution is 2.24. The second-order valence-electron chi connectivity index (χ2n) is 5.39. The first kappa shape index (κ1) is 14.0. The maximum Gasteiger partial charge on any atom is 0.273 e. The Labute approximate surface area is 112 Å². The van der Waals surface area contributed by atoms with Crippen molar-refractivity contribution in [3.05, 3.63) is 17.5 Å². The van der Waals surface area contributed by atoms with Crippen molar-refractivity contribution in [1.82, 2.24) is 15.8 Å². The van der Waals surface area contributed by atoms with E-state index in [1.807, 2.05) is 0 Å². The van der Waals surface area contributed by atoms with Crippen molar-refractivity contribution in [2.24, 2.45) is 5.41 Å². The molecule has 0 aromatic carbocycles. The third kappa shape index (κ3) is 3.78. The summed E-state index contributed by atoms with van der Waals surface area (Å²) in [7, 11) is 1.57. The topological polar surface area (TPSA) is 76.4 Å². The molecular formula is C13H21N3O3. The second-order valence-corrected chi connectivity index (χ2v) is 5.39. The molecule has 0 radical (unpaired) electrons. The molecule has 1 atom stereocenters. The number of aromatic nitrogens is 1. The molecule has 2 heterocycles. The van der Waals surface area contributed by atoms with Crippen molar-refractivity contribution < 1.29 is 14.1 Å². The average molecular weight is 267 g/mol. The monoisotopic (exact) mass is 267 g/mol. The van der Waals surface area contributed by atoms with Crippen LogP contribution in [0.25, 0.3) is 0 Å². The predicted molar refractivity (Wildman–Crippen MR) is 69.8 cm³/mol. The number of hydrogen-bond donors (Lipinski definition) is 2. The summed E-state index contributed by atoms with van der Waals surface area (Å²) in [5.41, 5.74) is 0.423. The van der Waals surface area contributed by atoms with Gasteiger partial charge >= 0.3 is 0 Å². The third-order valence-corrected chi connectivity index (χ3v) is 3.44. The van der Waals surface area contributed by atoms with Crippen LogP contribution in [0.15, 0.2) is 10.6 Å². The largest absolute Gasteiger partial charge is 0.377 e. The highest BCUT2D eigenvalue weighted by Gasteiger charge is 2.27. The number of carbonyl (C=O) groups excluding carboxylic acids is 1. The second kappa shape index (κ2) is 6.16. The molecule has 0 saturated carbocycles. The summed E-state index contributed by atoms with van der Waals surface area (Å²) in [6.07, 6.45) is 2.27. The van der Waals surface area contributed by atoms with E-state index in [0.717, 1.165) is 25.9 Å². The lowest BCUT2D eigenvalue weighted by atomic mass is 9.83. The molecule has 1 aliphatic heterocycles. The van der Waals surface area contributed by atoms with E-state index in [4.69, 9.17) is 9.26 Å². The lowest BCUT2D eigenvalue weighted by molar-refractivity contribution is 0.0915. The van der Waals surface area contributed by atoms with Crippen molar-refractivity contribution in [3.8, 4) is 0 Å². The minimum atomic E-state index is -0.196. The van der Waals surface area contributed by atoms with E-state index in [9.17, 15) is 4.79 Å². The number of piperidine rings is 1. The van der Waals surface area contributed by atoms with Crippen LogP contribution in [0.2, 0.25) is 0 Å². The summed E-state index contributed by atoms with van der Waals surface area (Å²) < 4.78 is 9.91. The molecule has 6 heteroatoms. The van der Waals surface area contributed by atoms with E-state index in [2.05, 4.69) is 22.7 Å². The Balaban J connectivity index is 1.86. The van der Waals surface area contributed by atoms with Gasteiger partial charge in [-0.15, -0.1) is 0 Å². The molecule has 19 heavy (non-hydrogen) atoms. The first-order valence-electron chi connectivity index (χ1n) is 6.56. The minimum absolute atomic E-state index is 0.118. The Morgan fingerprint density at radius 3 is 3.21 bits per heavy atom. The van der Waals surface area contributed by atoms with Gasteiger partial charge in [0.05, 0.1) is 0 Å². The van der Waals surface area contributed by atoms with E-state index in [1.54, 1.807) is 13.2 Å². The van der Waals surface area contributed by atoms with Crippen LogP contribution in [0.5, 0.6) is 0 Å². The normalized spacial score (nSPS) is 23.3. The highest BCUT2D eigenvalue weighted by molar-refractivity contribution is 5.92. The summed E-state index contributed by atoms with van der Waals surface area (Å²) in [4.78, 5) is 12.0. The van der Waals surface area contributed by atoms with Gasteiger partial charge < -0.3 is 19.9 Å². The molecule has 1 aromatic rings. The van der Waals surface area contributed by atoms with Crippen molar-refractivity contribution >= 4 is 5.91 Å². The maximum atomic E-state index is 12.0. The lowest BCUT2D eigenvalue weighted by Gasteiger charge is -2.34. The summed E-state index contributed by atoms with van der Waals surface area (Å²) in [5, 5.41) is 10.0. The molecule has 1 aliphatic rings. The fraction of sp³-hybridized carbons (Fsp3) is 0.692. The van der Waals surface area contributed by atoms with Crippen LogP contribution < -0.4 is 10.6 Å². The Hall–Kier alpha value is -1.40. The molecule has 6 nitrogen and oxygen atoms in total. The number of hydrogen-bond acceptors (Lipinski definition) is 5. The van der Waals surface area contributed by atoms with Crippen LogP contribution in [0, 0.1) is 5.41 Å². The standard InChI is InChI=1S/C13H21N3O3/c1-13(4-3-5-14-8-13)9-15-12(17)11-6-10(7-18-2)19-16-11/h6,14H,3-5,7-9H2,1-2H3,(H,15,17). The SMILES string of the molecule is COCc1cc(C(=O)NCC2(C)CCCNC2)no1. The zero-order valence-corrected chi connectivity index (χ0v) is 11.5. The summed E-state index contributed by atoms with van der Waals surface area (Å²) in [6.45, 7) is 5.14. The van der Waals surface area contributed by atoms with Crippen LogP contribution in [0.4, 0.5) is 0 Å². The van der Waals surface area contributed by atoms with Crippen LogP contribution in [0.3, 0.4) is 0 Å². The summed E-state index contributed by atoms with van der Waals surface area (Å²) in [5.74, 6) is 0.357. The van der Waals surface area contributed by atoms with Crippen molar-refractivity contribution in [2.45, 2.75) is 26.4 Å². The Morgan fingerprint density at radius 1 is 1.68 bits per heavy atom. The first-order chi connectivity index (χ1) is 9.13. The number of carbonyl (C=O) groups is 1. The van der Waals surface area contributed by atoms with Gasteiger partial charge in [0.15, 0.2) is 11.5 Å². The number of methoxy groups -OCH3 is 1. The lowest BCUT2D eigenvalue weighted by Crippen LogP contribution is -2.45. The minimum Gasteiger partial charge on any atom is -0.377 e. The summed E-state index contributed by atoms with van der Waals surface area (Å²) in [6, 6.07) is 1.61. The molecule has 2 rings (SSSR count). The molecule has 1 fully saturated rings. The molecule has 1 saturated heterocycles. The summed E-state index contributed by atoms with van der Waals surface area (Å²) >= 11 is 0. The third-order valence-electron chi connectivity index (χ3n) is 3.44. The van der Waals surface area contributed by atoms with E-state index >= 15 is 0 Å². The Kier molecular flexibility index (Phi) is 4.55. The number of rotatable bonds is 5. The van der Waals surface area contributed by atoms with Gasteiger partial charge in [-0.1, -0.05) is 12.1 Å². The molecular weight excluding hydrogens is 246 g/mol. The van der Waals surface area contributed by atoms with Crippen LogP contribution in [-0.4, -0.2) is 37.8 Å². The molecule has 0 spiro atoms. The van der Waals surface area contributed by atoms with Gasteiger partial charge in [0.2, 0.25) is 0 Å². The quantitative estimate of drug-likeness (QED) is 0.830. The Morgan fingerprint density at radius 2 is 2.53 bits per heavy atom. The van der Waals surface area contributed by atoms with E-state index in [-0.39, 0.29) is 11.3 Å². The van der Waals surface area contributed by atoms with Crippen molar-refractivity contribution in [1.29, 1.82) is 0 Å². The zero-order valence-electron chi connectivity index (χ0n) is 11.5. The molecule has 2 N–H and O–H groups in total. The highest BCUT2D eigenvalue weighted by atomic mass is 16.5. The number of ether oxygens (including phenoxy) is 1. The van der Waals surface area contributed by atoms with Gasteiger partial charge in [0, 0.05) is 26.3 Å². The molecule has 106 valence electrons. The number of nitrogens with zero attached hydrogens (tertiary/aromatic N) is 1. The number of nitrogens with one attached hydrogen (secondary N) is 2. The molecule has 0 bridgehead atoms. The van der Waals surface area contributed by atoms with Gasteiger partial charge in [-0.2, -0.15) is 0 Å². The van der Waals surface area contributed by atoms with Gasteiger partial charge in [-0.3, -0.25) is 4.79 Å². The van der Waals surface area contributed by atoms with Crippen LogP contribution >= 0.6 is 0 Å². The van der Waals surface area contributed by atoms with Crippen LogP contribution in [-0.2, 0) is 11.3 Å². The smallest absolute Gasteiger partial charge is 0.273 e. The fourth-order valence-corrected chi connectivity index (χ4v) is 2.28. The van der Waals surface area contributed by atoms with Crippen LogP contribution in [0.1, 0.15) is 36.0 Å². The van der Waals surface area contributed by atoms with Crippen molar-refractivity contribution in [2.75, 3.05) is 26.7 Å². The van der Waals surface area contributed by atoms with Gasteiger partial charge in [0.25, 0.3) is 5.91 Å². The fourth-order valence-electron chi connectivity index (χ4n) is 2.28. The molecule has 1 aromatic heterocycles. The van der Waals surface area contributed by atoms with E-state index < -0.39 is 0 Å². The maximum absolute atomic E-state index is 12.0. The molecule has 1 amide bonds. The van der Waals surface area contributed by atoms with Crippen molar-refractivity contribution in [3.63, 3.8) is 0 Å². The zero-order chi connectivity index (χ0) is 13.7. The average Bonchev–Trinajstić information content (AvgIpc) is 2.86. The van der Waals surface area contributed by atoms with Gasteiger partial charge in [-0.05, 0) is 24.8 Å². The Bertz CT molecular complexity index is 425. The molecule has 0 aliphatic carbocycles. The van der Waals surface area contributed by atoms with E-state index in [0.29, 0.717) is 24.6 Å². The van der Waals surface area contributed by atoms with Gasteiger partial charge in [-0.25, -0.2) is 0 Å². The molecule has 1 unspecified atom stereocenters. The first-order valence-corrected chi connectivity index (χ1v) is 6.56. The van der Waals surface area contributed by atoms with Gasteiger partial charge in [0.1, 0.15) is 6.61 Å². The number of amides is 1. The van der Waals surface area contributed by atoms with E-state index in [1.165, 1.54) is 0 Å². The predicted octanol–water partition coefficient (Wildman–Crippen LogP) is 0.940.